The van der Waals surface area contributed by atoms with Crippen LogP contribution in [0.1, 0.15) is 20.8 Å². The van der Waals surface area contributed by atoms with Crippen molar-refractivity contribution in [2.45, 2.75) is 20.8 Å². The molecule has 2 atom stereocenters. The minimum atomic E-state index is -0.313. The zero-order chi connectivity index (χ0) is 11.6. The van der Waals surface area contributed by atoms with Gasteiger partial charge in [0.25, 0.3) is 0 Å². The minimum Gasteiger partial charge on any atom is -0.435 e. The molecule has 0 amide bonds. The number of ether oxygens (including phenoxy) is 1. The van der Waals surface area contributed by atoms with E-state index >= 15 is 0 Å². The fraction of sp³-hybridized carbons (Fsp3) is 0.545. The van der Waals surface area contributed by atoms with Gasteiger partial charge in [-0.3, -0.25) is 4.79 Å². The molecule has 0 aromatic carbocycles. The first-order chi connectivity index (χ1) is 6.85. The third-order valence-electron chi connectivity index (χ3n) is 2.82. The number of esters is 1. The summed E-state index contributed by atoms with van der Waals surface area (Å²) in [6.07, 6.45) is 5.13. The van der Waals surface area contributed by atoms with E-state index in [-0.39, 0.29) is 15.9 Å². The third kappa shape index (κ3) is 3.25. The molecule has 1 fully saturated rings. The van der Waals surface area contributed by atoms with Gasteiger partial charge in [0.05, 0.1) is 6.26 Å². The lowest BCUT2D eigenvalue weighted by atomic mass is 10.1. The number of carbonyl (C=O) groups is 1. The predicted octanol–water partition coefficient (Wildman–Crippen LogP) is 3.65. The maximum atomic E-state index is 10.5. The maximum absolute atomic E-state index is 10.5. The van der Waals surface area contributed by atoms with Crippen molar-refractivity contribution < 1.29 is 9.53 Å². The van der Waals surface area contributed by atoms with Crippen molar-refractivity contribution in [3.63, 3.8) is 0 Å². The summed E-state index contributed by atoms with van der Waals surface area (Å²) in [6, 6.07) is 0. The SMILES string of the molecule is CC(=O)O/C=C/C1C(C=C(Cl)Cl)C1(C)C. The third-order valence-corrected chi connectivity index (χ3v) is 3.07. The molecule has 84 valence electrons. The molecule has 0 bridgehead atoms. The van der Waals surface area contributed by atoms with Crippen LogP contribution in [0.2, 0.25) is 0 Å². The van der Waals surface area contributed by atoms with Gasteiger partial charge in [0.1, 0.15) is 4.49 Å². The van der Waals surface area contributed by atoms with E-state index in [4.69, 9.17) is 27.9 Å². The topological polar surface area (TPSA) is 26.3 Å². The number of carbonyl (C=O) groups excluding carboxylic acids is 1. The van der Waals surface area contributed by atoms with Gasteiger partial charge < -0.3 is 4.74 Å². The second-order valence-electron chi connectivity index (χ2n) is 4.27. The van der Waals surface area contributed by atoms with Crippen LogP contribution in [0, 0.1) is 17.3 Å². The van der Waals surface area contributed by atoms with E-state index in [9.17, 15) is 4.79 Å². The van der Waals surface area contributed by atoms with E-state index in [1.807, 2.05) is 12.2 Å². The van der Waals surface area contributed by atoms with Crippen LogP contribution in [0.4, 0.5) is 0 Å². The molecule has 0 aromatic rings. The quantitative estimate of drug-likeness (QED) is 0.563. The van der Waals surface area contributed by atoms with Crippen molar-refractivity contribution in [3.8, 4) is 0 Å². The summed E-state index contributed by atoms with van der Waals surface area (Å²) in [5, 5.41) is 0. The van der Waals surface area contributed by atoms with Crippen LogP contribution in [0.25, 0.3) is 0 Å². The van der Waals surface area contributed by atoms with Gasteiger partial charge in [-0.15, -0.1) is 0 Å². The average Bonchev–Trinajstić information content (AvgIpc) is 2.54. The van der Waals surface area contributed by atoms with Crippen LogP contribution >= 0.6 is 23.2 Å². The zero-order valence-electron chi connectivity index (χ0n) is 8.96. The molecule has 0 saturated heterocycles. The first kappa shape index (κ1) is 12.6. The second kappa shape index (κ2) is 4.58. The summed E-state index contributed by atoms with van der Waals surface area (Å²) in [5.41, 5.74) is 0.131. The molecule has 1 aliphatic rings. The highest BCUT2D eigenvalue weighted by Crippen LogP contribution is 2.60. The Kier molecular flexibility index (Phi) is 3.85. The smallest absolute Gasteiger partial charge is 0.307 e. The lowest BCUT2D eigenvalue weighted by molar-refractivity contribution is -0.135. The largest absolute Gasteiger partial charge is 0.435 e. The summed E-state index contributed by atoms with van der Waals surface area (Å²) in [7, 11) is 0. The molecule has 0 N–H and O–H groups in total. The monoisotopic (exact) mass is 248 g/mol. The Hall–Kier alpha value is -0.470. The van der Waals surface area contributed by atoms with Gasteiger partial charge in [-0.2, -0.15) is 0 Å². The van der Waals surface area contributed by atoms with Gasteiger partial charge in [-0.05, 0) is 29.4 Å². The van der Waals surface area contributed by atoms with Crippen molar-refractivity contribution in [1.29, 1.82) is 0 Å². The van der Waals surface area contributed by atoms with Gasteiger partial charge in [0, 0.05) is 6.92 Å². The van der Waals surface area contributed by atoms with Crippen LogP contribution in [-0.4, -0.2) is 5.97 Å². The summed E-state index contributed by atoms with van der Waals surface area (Å²) in [4.78, 5) is 10.5. The second-order valence-corrected chi connectivity index (χ2v) is 5.28. The molecule has 1 aliphatic carbocycles. The Labute approximate surface area is 99.9 Å². The minimum absolute atomic E-state index is 0.131. The van der Waals surface area contributed by atoms with Gasteiger partial charge in [0.15, 0.2) is 0 Å². The normalized spacial score (nSPS) is 27.5. The number of allylic oxidation sites excluding steroid dienone is 2. The van der Waals surface area contributed by atoms with E-state index in [1.165, 1.54) is 13.2 Å². The lowest BCUT2D eigenvalue weighted by Gasteiger charge is -1.96. The molecule has 0 aliphatic heterocycles. The molecule has 0 heterocycles. The number of hydrogen-bond acceptors (Lipinski definition) is 2. The van der Waals surface area contributed by atoms with Crippen molar-refractivity contribution in [1.82, 2.24) is 0 Å². The average molecular weight is 249 g/mol. The van der Waals surface area contributed by atoms with Gasteiger partial charge >= 0.3 is 5.97 Å². The van der Waals surface area contributed by atoms with Gasteiger partial charge in [-0.25, -0.2) is 0 Å². The van der Waals surface area contributed by atoms with Gasteiger partial charge in [0.2, 0.25) is 0 Å². The van der Waals surface area contributed by atoms with Crippen LogP contribution < -0.4 is 0 Å². The fourth-order valence-electron chi connectivity index (χ4n) is 1.76. The summed E-state index contributed by atoms with van der Waals surface area (Å²) < 4.78 is 5.02. The van der Waals surface area contributed by atoms with Crippen LogP contribution in [-0.2, 0) is 9.53 Å². The van der Waals surface area contributed by atoms with E-state index in [2.05, 4.69) is 13.8 Å². The standard InChI is InChI=1S/C11H14Cl2O2/c1-7(14)15-5-4-8-9(6-10(12)13)11(8,2)3/h4-6,8-9H,1-3H3/b5-4+. The fourth-order valence-corrected chi connectivity index (χ4v) is 2.03. The zero-order valence-corrected chi connectivity index (χ0v) is 10.5. The highest BCUT2D eigenvalue weighted by atomic mass is 35.5. The Morgan fingerprint density at radius 3 is 2.40 bits per heavy atom. The molecule has 1 rings (SSSR count). The maximum Gasteiger partial charge on any atom is 0.307 e. The summed E-state index contributed by atoms with van der Waals surface area (Å²) >= 11 is 11.2. The molecule has 4 heteroatoms. The number of halogens is 2. The molecule has 0 spiro atoms. The Bertz CT molecular complexity index is 315. The van der Waals surface area contributed by atoms with E-state index in [1.54, 1.807) is 0 Å². The first-order valence-corrected chi connectivity index (χ1v) is 5.48. The van der Waals surface area contributed by atoms with Crippen molar-refractivity contribution in [2.24, 2.45) is 17.3 Å². The Morgan fingerprint density at radius 1 is 1.33 bits per heavy atom. The van der Waals surface area contributed by atoms with Gasteiger partial charge in [-0.1, -0.05) is 37.0 Å². The molecule has 1 saturated carbocycles. The number of hydrogen-bond donors (Lipinski definition) is 0. The summed E-state index contributed by atoms with van der Waals surface area (Å²) in [6.45, 7) is 5.61. The highest BCUT2D eigenvalue weighted by Gasteiger charge is 2.54. The molecular formula is C11H14Cl2O2. The van der Waals surface area contributed by atoms with Crippen molar-refractivity contribution in [2.75, 3.05) is 0 Å². The first-order valence-electron chi connectivity index (χ1n) is 4.72. The highest BCUT2D eigenvalue weighted by molar-refractivity contribution is 6.55. The molecule has 15 heavy (non-hydrogen) atoms. The molecule has 0 radical (unpaired) electrons. The van der Waals surface area contributed by atoms with E-state index < -0.39 is 0 Å². The van der Waals surface area contributed by atoms with E-state index in [0.29, 0.717) is 11.8 Å². The Balaban J connectivity index is 2.55. The van der Waals surface area contributed by atoms with Crippen molar-refractivity contribution in [3.05, 3.63) is 22.9 Å². The van der Waals surface area contributed by atoms with Crippen LogP contribution in [0.5, 0.6) is 0 Å². The molecular weight excluding hydrogens is 235 g/mol. The van der Waals surface area contributed by atoms with E-state index in [0.717, 1.165) is 0 Å². The van der Waals surface area contributed by atoms with Crippen molar-refractivity contribution >= 4 is 29.2 Å². The van der Waals surface area contributed by atoms with Crippen LogP contribution in [0.15, 0.2) is 22.9 Å². The predicted molar refractivity (Wildman–Crippen MR) is 61.5 cm³/mol. The number of rotatable bonds is 3. The molecule has 2 nitrogen and oxygen atoms in total. The molecule has 0 aromatic heterocycles. The lowest BCUT2D eigenvalue weighted by Crippen LogP contribution is -1.91. The summed E-state index contributed by atoms with van der Waals surface area (Å²) in [5.74, 6) is 0.325. The van der Waals surface area contributed by atoms with Crippen LogP contribution in [0.3, 0.4) is 0 Å². The Morgan fingerprint density at radius 2 is 1.93 bits per heavy atom. The molecule has 2 unspecified atom stereocenters.